The van der Waals surface area contributed by atoms with E-state index >= 15 is 0 Å². The van der Waals surface area contributed by atoms with Crippen molar-refractivity contribution in [3.05, 3.63) is 150 Å². The smallest absolute Gasteiger partial charge is 0.677 e. The second-order valence-electron chi connectivity index (χ2n) is 27.3. The van der Waals surface area contributed by atoms with Gasteiger partial charge in [-0.3, -0.25) is 9.80 Å². The van der Waals surface area contributed by atoms with Crippen LogP contribution in [0.15, 0.2) is 48.5 Å². The normalized spacial score (nSPS) is 14.4. The van der Waals surface area contributed by atoms with Crippen LogP contribution in [0, 0.1) is 27.7 Å². The van der Waals surface area contributed by atoms with Gasteiger partial charge in [0.15, 0.2) is 0 Å². The molecule has 12 heterocycles. The number of rotatable bonds is 22. The Morgan fingerprint density at radius 3 is 0.813 bits per heavy atom. The molecule has 6 aromatic rings. The monoisotopic (exact) mass is 1610 g/mol. The zero-order valence-electron chi connectivity index (χ0n) is 64.9. The number of carboxylic acid groups (broad SMARTS) is 4. The molecule has 16 bridgehead atoms. The molecular weight excluding hydrogens is 1510 g/mol. The summed E-state index contributed by atoms with van der Waals surface area (Å²) in [5.41, 5.74) is 43.8. The van der Waals surface area contributed by atoms with Gasteiger partial charge in [-0.1, -0.05) is 40.5 Å². The van der Waals surface area contributed by atoms with Crippen LogP contribution in [0.1, 0.15) is 210 Å². The first kappa shape index (κ1) is 88.6. The van der Waals surface area contributed by atoms with Gasteiger partial charge in [0.1, 0.15) is 0 Å². The maximum Gasteiger partial charge on any atom is 2.00 e. The minimum Gasteiger partial charge on any atom is -0.677 e. The number of nitrogens with zero attached hydrogens (tertiary/aromatic N) is 6. The van der Waals surface area contributed by atoms with Crippen molar-refractivity contribution in [3.8, 4) is 0 Å². The number of aryl methyl sites for hydroxylation is 8. The van der Waals surface area contributed by atoms with Crippen LogP contribution in [-0.4, -0.2) is 152 Å². The third kappa shape index (κ3) is 22.0. The zero-order chi connectivity index (χ0) is 75.1. The molecule has 0 atom stereocenters. The van der Waals surface area contributed by atoms with Gasteiger partial charge in [0.25, 0.3) is 0 Å². The molecule has 25 heteroatoms. The molecule has 22 nitrogen and oxygen atoms in total. The predicted molar refractivity (Wildman–Crippen MR) is 408 cm³/mol. The molecule has 6 aliphatic heterocycles. The fourth-order valence-corrected chi connectivity index (χ4v) is 14.7. The molecule has 6 aromatic heterocycles. The standard InChI is InChI=1S/2C34H38N4O4.2C7H15N2O.3Zn/c2*1-7-21-17(3)25-13-26-19(5)23(9-11-33(39)40)31(37-26)16-32-24(10-12-34(41)42)20(6)28(38-32)15-30-22(8-2)18(4)27(36-30)14-29(21)35-25;2*8-2-1-3-9-4-6-10-7-5-9;;;/h2*13-16,35-36H,7-12H2,1-6H3,(H,39,40)(H,41,42);2*8H,1-7H2;;;/q;;2*-1;3*+2/p-4. The van der Waals surface area contributed by atoms with Gasteiger partial charge in [-0.15, -0.1) is 13.1 Å². The number of allylic oxidation sites excluding steroid dienone is 8. The van der Waals surface area contributed by atoms with Crippen molar-refractivity contribution < 1.29 is 108 Å². The summed E-state index contributed by atoms with van der Waals surface area (Å²) in [5.74, 6) is -4.50. The van der Waals surface area contributed by atoms with Gasteiger partial charge in [-0.25, -0.2) is 19.9 Å². The number of hydrogen-bond donors (Lipinski definition) is 4. The summed E-state index contributed by atoms with van der Waals surface area (Å²) in [6.07, 6.45) is 5.92. The number of H-pyrrole nitrogens is 4. The molecule has 0 amide bonds. The van der Waals surface area contributed by atoms with E-state index in [-0.39, 0.29) is 110 Å². The quantitative estimate of drug-likeness (QED) is 0.0459. The van der Waals surface area contributed by atoms with Crippen molar-refractivity contribution >= 4 is 113 Å². The Balaban J connectivity index is 0.000000259. The topological polar surface area (TPSA) is 348 Å². The number of nitrogens with one attached hydrogen (secondary N) is 6. The molecule has 0 spiro atoms. The van der Waals surface area contributed by atoms with Gasteiger partial charge >= 0.3 is 58.4 Å². The molecule has 6 aliphatic rings. The summed E-state index contributed by atoms with van der Waals surface area (Å²) in [4.78, 5) is 84.7. The van der Waals surface area contributed by atoms with Gasteiger partial charge in [0.05, 0.1) is 72.0 Å². The first-order valence-electron chi connectivity index (χ1n) is 36.9. The molecule has 556 valence electrons. The zero-order valence-corrected chi connectivity index (χ0v) is 73.8. The SMILES string of the molecule is CCc1c(C)c2cc3[nH]c(cc4nc(cc5nc(cc1[nH]2)C(C)=C5CCC(=O)[O-])C(CCC(=O)[O-])=C4C)c(C)c3CC.CCc1c(C)c2cc3[nH]c(cc4nc(cc5nc(cc1[nH]2)C(C)=C5CCC(=O)[O-])C(CCC(=O)[O-])=C4C)c(C)c3CC.[NH-]CCCN1CCOCC1.[NH-]CCCN1CCOCC1.[Zn+2].[Zn+2].[Zn+2]. The number of aliphatic carboxylic acids is 4. The number of carboxylic acids is 4. The van der Waals surface area contributed by atoms with Crippen LogP contribution in [0.3, 0.4) is 0 Å². The third-order valence-electron chi connectivity index (χ3n) is 20.8. The molecule has 2 fully saturated rings. The summed E-state index contributed by atoms with van der Waals surface area (Å²) in [6, 6.07) is 16.2. The molecule has 12 rings (SSSR count). The Kier molecular flexibility index (Phi) is 34.4. The molecule has 0 radical (unpaired) electrons. The number of morpholine rings is 2. The van der Waals surface area contributed by atoms with Gasteiger partial charge in [0, 0.05) is 94.2 Å². The molecule has 6 N–H and O–H groups in total. The molecule has 0 aliphatic carbocycles. The van der Waals surface area contributed by atoms with E-state index in [1.54, 1.807) is 0 Å². The van der Waals surface area contributed by atoms with Gasteiger partial charge in [-0.05, 0) is 283 Å². The number of ether oxygens (including phenoxy) is 2. The van der Waals surface area contributed by atoms with E-state index in [1.807, 2.05) is 64.1 Å². The first-order chi connectivity index (χ1) is 49.9. The molecule has 2 saturated heterocycles. The van der Waals surface area contributed by atoms with Crippen LogP contribution < -0.4 is 20.4 Å². The van der Waals surface area contributed by atoms with Gasteiger partial charge in [0.2, 0.25) is 0 Å². The van der Waals surface area contributed by atoms with Crippen LogP contribution in [0.4, 0.5) is 0 Å². The van der Waals surface area contributed by atoms with Crippen molar-refractivity contribution in [1.82, 2.24) is 49.7 Å². The van der Waals surface area contributed by atoms with E-state index < -0.39 is 23.9 Å². The Hall–Kier alpha value is -7.29. The van der Waals surface area contributed by atoms with Crippen molar-refractivity contribution in [2.24, 2.45) is 0 Å². The van der Waals surface area contributed by atoms with E-state index in [1.165, 1.54) is 33.4 Å². The van der Waals surface area contributed by atoms with Crippen LogP contribution in [0.2, 0.25) is 0 Å². The minimum absolute atomic E-state index is 0. The minimum atomic E-state index is -1.13. The molecule has 0 unspecified atom stereocenters. The second-order valence-corrected chi connectivity index (χ2v) is 27.3. The van der Waals surface area contributed by atoms with E-state index in [9.17, 15) is 39.6 Å². The van der Waals surface area contributed by atoms with Crippen molar-refractivity contribution in [3.63, 3.8) is 0 Å². The number of carbonyl (C=O) groups is 4. The van der Waals surface area contributed by atoms with Crippen LogP contribution in [-0.2, 0) is 113 Å². The van der Waals surface area contributed by atoms with Crippen molar-refractivity contribution in [1.29, 1.82) is 0 Å². The van der Waals surface area contributed by atoms with Crippen molar-refractivity contribution in [2.45, 2.75) is 173 Å². The third-order valence-corrected chi connectivity index (χ3v) is 20.8. The summed E-state index contributed by atoms with van der Waals surface area (Å²) in [5, 5.41) is 45.7. The number of aromatic amines is 4. The van der Waals surface area contributed by atoms with E-state index in [4.69, 9.17) is 40.9 Å². The molecular formula is C82H102N12O10Zn3. The van der Waals surface area contributed by atoms with Crippen molar-refractivity contribution in [2.75, 3.05) is 78.8 Å². The summed E-state index contributed by atoms with van der Waals surface area (Å²) in [7, 11) is 0. The average molecular weight is 1610 g/mol. The maximum absolute atomic E-state index is 11.4. The summed E-state index contributed by atoms with van der Waals surface area (Å²) in [6.45, 7) is 35.8. The van der Waals surface area contributed by atoms with E-state index in [0.717, 1.165) is 227 Å². The number of hydrogen-bond acceptors (Lipinski definition) is 16. The van der Waals surface area contributed by atoms with E-state index in [2.05, 4.69) is 97.3 Å². The van der Waals surface area contributed by atoms with Crippen LogP contribution >= 0.6 is 0 Å². The Morgan fingerprint density at radius 2 is 0.589 bits per heavy atom. The van der Waals surface area contributed by atoms with Gasteiger partial charge < -0.3 is 80.5 Å². The summed E-state index contributed by atoms with van der Waals surface area (Å²) >= 11 is 0. The van der Waals surface area contributed by atoms with Crippen LogP contribution in [0.25, 0.3) is 100 Å². The fourth-order valence-electron chi connectivity index (χ4n) is 14.7. The Labute approximate surface area is 666 Å². The predicted octanol–water partition coefficient (Wildman–Crippen LogP) is 11.5. The average Bonchev–Trinajstić information content (AvgIpc) is 1.63. The summed E-state index contributed by atoms with van der Waals surface area (Å²) < 4.78 is 10.4. The maximum atomic E-state index is 11.4. The molecule has 0 saturated carbocycles. The number of carbonyl (C=O) groups excluding carboxylic acids is 4. The fraction of sp³-hybridized carbons (Fsp3) is 0.463. The van der Waals surface area contributed by atoms with Gasteiger partial charge in [-0.2, -0.15) is 0 Å². The largest absolute Gasteiger partial charge is 2.00 e. The number of aromatic nitrogens is 8. The second kappa shape index (κ2) is 41.5. The Bertz CT molecular complexity index is 4410. The van der Waals surface area contributed by atoms with E-state index in [0.29, 0.717) is 35.9 Å². The Morgan fingerprint density at radius 1 is 0.364 bits per heavy atom. The first-order valence-corrected chi connectivity index (χ1v) is 36.9. The molecule has 0 aromatic carbocycles. The molecule has 107 heavy (non-hydrogen) atoms. The van der Waals surface area contributed by atoms with Crippen LogP contribution in [0.5, 0.6) is 0 Å². The number of fused-ring (bicyclic) bond motifs is 16.